The van der Waals surface area contributed by atoms with E-state index in [1.54, 1.807) is 0 Å². The number of nitrogens with one attached hydrogen (secondary N) is 1. The van der Waals surface area contributed by atoms with Crippen LogP contribution in [0.4, 0.5) is 11.4 Å². The second-order valence-corrected chi connectivity index (χ2v) is 5.51. The van der Waals surface area contributed by atoms with E-state index in [1.165, 1.54) is 32.1 Å². The fourth-order valence-electron chi connectivity index (χ4n) is 2.39. The van der Waals surface area contributed by atoms with Gasteiger partial charge in [0.15, 0.2) is 0 Å². The second-order valence-electron chi connectivity index (χ2n) is 4.60. The molecule has 1 aromatic rings. The molecule has 0 radical (unpaired) electrons. The van der Waals surface area contributed by atoms with Crippen LogP contribution >= 0.6 is 15.9 Å². The van der Waals surface area contributed by atoms with Crippen molar-refractivity contribution in [1.29, 1.82) is 0 Å². The van der Waals surface area contributed by atoms with Gasteiger partial charge in [-0.25, -0.2) is 0 Å². The van der Waals surface area contributed by atoms with Gasteiger partial charge in [0, 0.05) is 11.0 Å². The van der Waals surface area contributed by atoms with Crippen LogP contribution in [0.2, 0.25) is 0 Å². The van der Waals surface area contributed by atoms with Crippen LogP contribution in [-0.2, 0) is 0 Å². The van der Waals surface area contributed by atoms with Gasteiger partial charge in [0.2, 0.25) is 0 Å². The lowest BCUT2D eigenvalue weighted by atomic mass is 10.0. The van der Waals surface area contributed by atoms with Crippen LogP contribution < -0.4 is 11.1 Å². The maximum Gasteiger partial charge on any atom is 0.0585 e. The molecule has 0 bridgehead atoms. The lowest BCUT2D eigenvalue weighted by Gasteiger charge is -2.12. The van der Waals surface area contributed by atoms with Gasteiger partial charge >= 0.3 is 0 Å². The molecular formula is C13H19BrN2. The van der Waals surface area contributed by atoms with Crippen molar-refractivity contribution in [3.8, 4) is 0 Å². The Morgan fingerprint density at radius 2 is 2.06 bits per heavy atom. The van der Waals surface area contributed by atoms with Crippen LogP contribution in [0.1, 0.15) is 32.1 Å². The van der Waals surface area contributed by atoms with Crippen molar-refractivity contribution in [1.82, 2.24) is 0 Å². The fraction of sp³-hybridized carbons (Fsp3) is 0.538. The van der Waals surface area contributed by atoms with Crippen molar-refractivity contribution in [3.05, 3.63) is 22.7 Å². The van der Waals surface area contributed by atoms with Gasteiger partial charge in [-0.05, 0) is 30.5 Å². The molecule has 0 spiro atoms. The van der Waals surface area contributed by atoms with Crippen molar-refractivity contribution in [2.24, 2.45) is 5.92 Å². The van der Waals surface area contributed by atoms with Crippen LogP contribution in [0.5, 0.6) is 0 Å². The summed E-state index contributed by atoms with van der Waals surface area (Å²) in [5.41, 5.74) is 7.78. The van der Waals surface area contributed by atoms with Crippen molar-refractivity contribution >= 4 is 27.3 Å². The highest BCUT2D eigenvalue weighted by Gasteiger charge is 2.14. The third-order valence-electron chi connectivity index (χ3n) is 3.36. The highest BCUT2D eigenvalue weighted by atomic mass is 79.9. The molecule has 0 aromatic heterocycles. The highest BCUT2D eigenvalue weighted by Crippen LogP contribution is 2.28. The van der Waals surface area contributed by atoms with Gasteiger partial charge in [-0.2, -0.15) is 0 Å². The van der Waals surface area contributed by atoms with Gasteiger partial charge in [0.25, 0.3) is 0 Å². The van der Waals surface area contributed by atoms with Crippen molar-refractivity contribution in [2.75, 3.05) is 17.6 Å². The molecule has 16 heavy (non-hydrogen) atoms. The predicted molar refractivity (Wildman–Crippen MR) is 73.6 cm³/mol. The summed E-state index contributed by atoms with van der Waals surface area (Å²) in [4.78, 5) is 0. The molecule has 1 aliphatic rings. The standard InChI is InChI=1S/C13H19BrN2/c14-11-5-6-12(15)13(9-11)16-8-7-10-3-1-2-4-10/h5-6,9-10,16H,1-4,7-8,15H2. The van der Waals surface area contributed by atoms with Gasteiger partial charge in [-0.1, -0.05) is 41.6 Å². The Morgan fingerprint density at radius 1 is 1.31 bits per heavy atom. The van der Waals surface area contributed by atoms with Gasteiger partial charge < -0.3 is 11.1 Å². The van der Waals surface area contributed by atoms with Crippen LogP contribution in [0.25, 0.3) is 0 Å². The molecule has 88 valence electrons. The maximum atomic E-state index is 5.90. The lowest BCUT2D eigenvalue weighted by Crippen LogP contribution is -2.08. The Hall–Kier alpha value is -0.700. The van der Waals surface area contributed by atoms with E-state index in [-0.39, 0.29) is 0 Å². The summed E-state index contributed by atoms with van der Waals surface area (Å²) in [6, 6.07) is 5.95. The average molecular weight is 283 g/mol. The fourth-order valence-corrected chi connectivity index (χ4v) is 2.75. The van der Waals surface area contributed by atoms with Crippen LogP contribution in [-0.4, -0.2) is 6.54 Å². The zero-order valence-electron chi connectivity index (χ0n) is 9.51. The van der Waals surface area contributed by atoms with Crippen molar-refractivity contribution in [2.45, 2.75) is 32.1 Å². The third-order valence-corrected chi connectivity index (χ3v) is 3.85. The van der Waals surface area contributed by atoms with E-state index in [0.29, 0.717) is 0 Å². The number of halogens is 1. The normalized spacial score (nSPS) is 16.6. The molecule has 2 nitrogen and oxygen atoms in total. The van der Waals surface area contributed by atoms with Crippen LogP contribution in [0.3, 0.4) is 0 Å². The zero-order chi connectivity index (χ0) is 11.4. The Balaban J connectivity index is 1.82. The number of benzene rings is 1. The minimum Gasteiger partial charge on any atom is -0.397 e. The van der Waals surface area contributed by atoms with Crippen LogP contribution in [0, 0.1) is 5.92 Å². The quantitative estimate of drug-likeness (QED) is 0.819. The van der Waals surface area contributed by atoms with Gasteiger partial charge in [0.05, 0.1) is 11.4 Å². The van der Waals surface area contributed by atoms with E-state index in [1.807, 2.05) is 18.2 Å². The molecule has 1 aromatic carbocycles. The van der Waals surface area contributed by atoms with Gasteiger partial charge in [-0.3, -0.25) is 0 Å². The first kappa shape index (κ1) is 11.8. The third kappa shape index (κ3) is 3.14. The van der Waals surface area contributed by atoms with Gasteiger partial charge in [-0.15, -0.1) is 0 Å². The molecule has 0 saturated heterocycles. The Morgan fingerprint density at radius 3 is 2.81 bits per heavy atom. The summed E-state index contributed by atoms with van der Waals surface area (Å²) >= 11 is 3.46. The molecule has 3 heteroatoms. The van der Waals surface area contributed by atoms with E-state index < -0.39 is 0 Å². The molecule has 1 fully saturated rings. The summed E-state index contributed by atoms with van der Waals surface area (Å²) in [5, 5.41) is 3.43. The minimum atomic E-state index is 0.828. The smallest absolute Gasteiger partial charge is 0.0585 e. The van der Waals surface area contributed by atoms with E-state index in [2.05, 4.69) is 21.2 Å². The molecule has 0 aliphatic heterocycles. The summed E-state index contributed by atoms with van der Waals surface area (Å²) in [6.45, 7) is 1.03. The summed E-state index contributed by atoms with van der Waals surface area (Å²) < 4.78 is 1.07. The molecule has 0 atom stereocenters. The number of rotatable bonds is 4. The monoisotopic (exact) mass is 282 g/mol. The number of nitrogen functional groups attached to an aromatic ring is 1. The second kappa shape index (κ2) is 5.58. The molecule has 0 amide bonds. The molecule has 3 N–H and O–H groups in total. The van der Waals surface area contributed by atoms with Crippen molar-refractivity contribution < 1.29 is 0 Å². The first-order valence-electron chi connectivity index (χ1n) is 6.04. The molecule has 0 unspecified atom stereocenters. The van der Waals surface area contributed by atoms with E-state index in [0.717, 1.165) is 28.3 Å². The van der Waals surface area contributed by atoms with Crippen molar-refractivity contribution in [3.63, 3.8) is 0 Å². The summed E-state index contributed by atoms with van der Waals surface area (Å²) in [6.07, 6.45) is 6.94. The van der Waals surface area contributed by atoms with E-state index in [9.17, 15) is 0 Å². The molecular weight excluding hydrogens is 264 g/mol. The minimum absolute atomic E-state index is 0.828. The molecule has 1 saturated carbocycles. The number of nitrogens with two attached hydrogens (primary N) is 1. The Labute approximate surface area is 106 Å². The van der Waals surface area contributed by atoms with Gasteiger partial charge in [0.1, 0.15) is 0 Å². The maximum absolute atomic E-state index is 5.90. The Kier molecular flexibility index (Phi) is 4.10. The zero-order valence-corrected chi connectivity index (χ0v) is 11.1. The SMILES string of the molecule is Nc1ccc(Br)cc1NCCC1CCCC1. The molecule has 2 rings (SSSR count). The number of hydrogen-bond donors (Lipinski definition) is 2. The predicted octanol–water partition coefficient (Wildman–Crippen LogP) is 4.02. The summed E-state index contributed by atoms with van der Waals surface area (Å²) in [5.74, 6) is 0.931. The summed E-state index contributed by atoms with van der Waals surface area (Å²) in [7, 11) is 0. The molecule has 1 aliphatic carbocycles. The van der Waals surface area contributed by atoms with Crippen LogP contribution in [0.15, 0.2) is 22.7 Å². The molecule has 0 heterocycles. The number of hydrogen-bond acceptors (Lipinski definition) is 2. The largest absolute Gasteiger partial charge is 0.397 e. The lowest BCUT2D eigenvalue weighted by molar-refractivity contribution is 0.519. The Bertz CT molecular complexity index is 346. The first-order valence-corrected chi connectivity index (χ1v) is 6.84. The van der Waals surface area contributed by atoms with E-state index in [4.69, 9.17) is 5.73 Å². The topological polar surface area (TPSA) is 38.0 Å². The first-order chi connectivity index (χ1) is 7.75. The number of anilines is 2. The average Bonchev–Trinajstić information content (AvgIpc) is 2.76. The highest BCUT2D eigenvalue weighted by molar-refractivity contribution is 9.10. The van der Waals surface area contributed by atoms with E-state index >= 15 is 0 Å².